The summed E-state index contributed by atoms with van der Waals surface area (Å²) in [5, 5.41) is 2.89. The lowest BCUT2D eigenvalue weighted by atomic mass is 9.91. The molecule has 4 aromatic rings. The number of nitrogens with zero attached hydrogens (tertiary/aromatic N) is 2. The third-order valence-electron chi connectivity index (χ3n) is 7.59. The molecule has 1 saturated heterocycles. The van der Waals surface area contributed by atoms with Crippen LogP contribution in [0.4, 0.5) is 16.2 Å². The topological polar surface area (TPSA) is 107 Å². The molecule has 3 aromatic carbocycles. The van der Waals surface area contributed by atoms with Crippen LogP contribution in [0.2, 0.25) is 0 Å². The molecule has 0 saturated carbocycles. The number of hydrogen-bond donors (Lipinski definition) is 2. The maximum absolute atomic E-state index is 12.6. The Balaban J connectivity index is 1.36. The summed E-state index contributed by atoms with van der Waals surface area (Å²) in [7, 11) is 0. The molecule has 0 unspecified atom stereocenters. The Kier molecular flexibility index (Phi) is 6.92. The summed E-state index contributed by atoms with van der Waals surface area (Å²) in [5.41, 5.74) is 15.4. The van der Waals surface area contributed by atoms with Crippen molar-refractivity contribution in [1.29, 1.82) is 0 Å². The standard InChI is InChI=1S/C32H30N4O4/c1-20-24(8-5-9-28(20)35-32(38)40-19-21-6-3-2-4-7-21)27-18-34-30(31(33)37)26-16-22-10-11-23(17-25(22)29(26)27)36-12-14-39-15-13-36/h2-11,17-18H,12-16,19H2,1H3,(H2,33,37)(H,35,38). The number of nitrogens with one attached hydrogen (secondary N) is 1. The van der Waals surface area contributed by atoms with Crippen molar-refractivity contribution < 1.29 is 19.1 Å². The fraction of sp³-hybridized carbons (Fsp3) is 0.219. The number of ether oxygens (including phenoxy) is 2. The zero-order valence-electron chi connectivity index (χ0n) is 22.3. The van der Waals surface area contributed by atoms with Gasteiger partial charge in [0.25, 0.3) is 5.91 Å². The van der Waals surface area contributed by atoms with E-state index in [2.05, 4.69) is 33.4 Å². The van der Waals surface area contributed by atoms with Gasteiger partial charge in [-0.25, -0.2) is 4.79 Å². The number of aromatic nitrogens is 1. The molecule has 0 atom stereocenters. The predicted molar refractivity (Wildman–Crippen MR) is 154 cm³/mol. The first-order valence-electron chi connectivity index (χ1n) is 13.3. The summed E-state index contributed by atoms with van der Waals surface area (Å²) in [6.07, 6.45) is 1.77. The van der Waals surface area contributed by atoms with E-state index in [-0.39, 0.29) is 6.61 Å². The van der Waals surface area contributed by atoms with E-state index >= 15 is 0 Å². The van der Waals surface area contributed by atoms with Gasteiger partial charge in [-0.1, -0.05) is 48.5 Å². The number of amides is 2. The van der Waals surface area contributed by atoms with Crippen molar-refractivity contribution in [3.8, 4) is 22.3 Å². The smallest absolute Gasteiger partial charge is 0.411 e. The molecule has 1 fully saturated rings. The average molecular weight is 535 g/mol. The highest BCUT2D eigenvalue weighted by atomic mass is 16.5. The zero-order chi connectivity index (χ0) is 27.6. The minimum Gasteiger partial charge on any atom is -0.444 e. The molecule has 2 aliphatic rings. The number of fused-ring (bicyclic) bond motifs is 3. The van der Waals surface area contributed by atoms with E-state index < -0.39 is 12.0 Å². The largest absolute Gasteiger partial charge is 0.444 e. The fourth-order valence-corrected chi connectivity index (χ4v) is 5.54. The molecule has 202 valence electrons. The van der Waals surface area contributed by atoms with E-state index in [4.69, 9.17) is 15.2 Å². The number of morpholine rings is 1. The second kappa shape index (κ2) is 10.8. The number of carbonyl (C=O) groups excluding carboxylic acids is 2. The summed E-state index contributed by atoms with van der Waals surface area (Å²) >= 11 is 0. The maximum atomic E-state index is 12.6. The van der Waals surface area contributed by atoms with Crippen molar-refractivity contribution >= 4 is 23.4 Å². The molecule has 6 rings (SSSR count). The van der Waals surface area contributed by atoms with Crippen LogP contribution in [0.5, 0.6) is 0 Å². The number of hydrogen-bond acceptors (Lipinski definition) is 6. The third kappa shape index (κ3) is 4.89. The molecule has 0 spiro atoms. The van der Waals surface area contributed by atoms with Crippen LogP contribution >= 0.6 is 0 Å². The van der Waals surface area contributed by atoms with Crippen LogP contribution in [-0.2, 0) is 22.5 Å². The maximum Gasteiger partial charge on any atom is 0.411 e. The van der Waals surface area contributed by atoms with Crippen LogP contribution in [0, 0.1) is 6.92 Å². The number of primary amides is 1. The zero-order valence-corrected chi connectivity index (χ0v) is 22.3. The molecule has 8 heteroatoms. The molecule has 0 radical (unpaired) electrons. The van der Waals surface area contributed by atoms with E-state index in [9.17, 15) is 9.59 Å². The molecule has 3 N–H and O–H groups in total. The Morgan fingerprint density at radius 3 is 2.58 bits per heavy atom. The third-order valence-corrected chi connectivity index (χ3v) is 7.59. The molecular formula is C32H30N4O4. The predicted octanol–water partition coefficient (Wildman–Crippen LogP) is 5.31. The van der Waals surface area contributed by atoms with E-state index in [1.54, 1.807) is 6.20 Å². The minimum atomic E-state index is -0.544. The molecule has 2 amide bonds. The molecule has 8 nitrogen and oxygen atoms in total. The van der Waals surface area contributed by atoms with Crippen molar-refractivity contribution in [3.05, 3.63) is 101 Å². The summed E-state index contributed by atoms with van der Waals surface area (Å²) < 4.78 is 11.0. The van der Waals surface area contributed by atoms with E-state index in [1.165, 1.54) is 0 Å². The molecule has 1 aliphatic heterocycles. The Bertz CT molecular complexity index is 1600. The monoisotopic (exact) mass is 534 g/mol. The molecule has 1 aromatic heterocycles. The van der Waals surface area contributed by atoms with Crippen LogP contribution < -0.4 is 16.0 Å². The summed E-state index contributed by atoms with van der Waals surface area (Å²) in [4.78, 5) is 31.8. The van der Waals surface area contributed by atoms with Crippen molar-refractivity contribution in [2.45, 2.75) is 20.0 Å². The van der Waals surface area contributed by atoms with E-state index in [0.29, 0.717) is 31.0 Å². The van der Waals surface area contributed by atoms with Gasteiger partial charge in [0.15, 0.2) is 0 Å². The number of carbonyl (C=O) groups is 2. The van der Waals surface area contributed by atoms with Crippen molar-refractivity contribution in [3.63, 3.8) is 0 Å². The van der Waals surface area contributed by atoms with Gasteiger partial charge < -0.3 is 20.1 Å². The van der Waals surface area contributed by atoms with Crippen molar-refractivity contribution in [2.75, 3.05) is 36.5 Å². The van der Waals surface area contributed by atoms with Crippen LogP contribution in [0.25, 0.3) is 22.3 Å². The first-order valence-corrected chi connectivity index (χ1v) is 13.3. The van der Waals surface area contributed by atoms with Gasteiger partial charge >= 0.3 is 6.09 Å². The molecule has 0 bridgehead atoms. The first kappa shape index (κ1) is 25.6. The summed E-state index contributed by atoms with van der Waals surface area (Å²) in [5.74, 6) is -0.544. The Morgan fingerprint density at radius 1 is 1.00 bits per heavy atom. The molecule has 1 aliphatic carbocycles. The summed E-state index contributed by atoms with van der Waals surface area (Å²) in [6.45, 7) is 5.18. The van der Waals surface area contributed by atoms with Crippen LogP contribution in [-0.4, -0.2) is 43.3 Å². The van der Waals surface area contributed by atoms with E-state index in [0.717, 1.165) is 63.3 Å². The van der Waals surface area contributed by atoms with Crippen LogP contribution in [0.15, 0.2) is 72.9 Å². The lowest BCUT2D eigenvalue weighted by molar-refractivity contribution is 0.0994. The fourth-order valence-electron chi connectivity index (χ4n) is 5.54. The highest BCUT2D eigenvalue weighted by molar-refractivity contribution is 6.01. The van der Waals surface area contributed by atoms with Gasteiger partial charge in [0, 0.05) is 42.6 Å². The van der Waals surface area contributed by atoms with Gasteiger partial charge in [-0.15, -0.1) is 0 Å². The van der Waals surface area contributed by atoms with Gasteiger partial charge in [-0.05, 0) is 64.1 Å². The van der Waals surface area contributed by atoms with Gasteiger partial charge in [-0.3, -0.25) is 15.1 Å². The van der Waals surface area contributed by atoms with Crippen molar-refractivity contribution in [2.24, 2.45) is 5.73 Å². The Labute approximate surface area is 232 Å². The van der Waals surface area contributed by atoms with Crippen molar-refractivity contribution in [1.82, 2.24) is 4.98 Å². The second-order valence-corrected chi connectivity index (χ2v) is 10.0. The number of pyridine rings is 1. The molecular weight excluding hydrogens is 504 g/mol. The van der Waals surface area contributed by atoms with Crippen LogP contribution in [0.1, 0.15) is 32.7 Å². The molecule has 2 heterocycles. The quantitative estimate of drug-likeness (QED) is 0.306. The number of benzene rings is 3. The van der Waals surface area contributed by atoms with Gasteiger partial charge in [0.2, 0.25) is 0 Å². The van der Waals surface area contributed by atoms with Gasteiger partial charge in [0.1, 0.15) is 12.3 Å². The Hall–Kier alpha value is -4.69. The van der Waals surface area contributed by atoms with Gasteiger partial charge in [-0.2, -0.15) is 0 Å². The first-order chi connectivity index (χ1) is 19.5. The second-order valence-electron chi connectivity index (χ2n) is 10.0. The normalized spacial score (nSPS) is 13.9. The van der Waals surface area contributed by atoms with E-state index in [1.807, 2.05) is 55.5 Å². The highest BCUT2D eigenvalue weighted by Gasteiger charge is 2.29. The summed E-state index contributed by atoms with van der Waals surface area (Å²) in [6, 6.07) is 21.7. The lowest BCUT2D eigenvalue weighted by Gasteiger charge is -2.29. The lowest BCUT2D eigenvalue weighted by Crippen LogP contribution is -2.36. The number of nitrogens with two attached hydrogens (primary N) is 1. The average Bonchev–Trinajstić information content (AvgIpc) is 3.37. The highest BCUT2D eigenvalue weighted by Crippen LogP contribution is 2.46. The minimum absolute atomic E-state index is 0.180. The Morgan fingerprint density at radius 2 is 1.80 bits per heavy atom. The van der Waals surface area contributed by atoms with Crippen LogP contribution in [0.3, 0.4) is 0 Å². The van der Waals surface area contributed by atoms with Gasteiger partial charge in [0.05, 0.1) is 13.2 Å². The number of anilines is 2. The number of rotatable bonds is 6. The SMILES string of the molecule is Cc1c(NC(=O)OCc2ccccc2)cccc1-c1cnc(C(N)=O)c2c1-c1cc(N3CCOCC3)ccc1C2. The molecule has 40 heavy (non-hydrogen) atoms.